The average molecular weight is 862 g/mol. The number of hydrogen-bond acceptors (Lipinski definition) is 16. The van der Waals surface area contributed by atoms with Gasteiger partial charge in [-0.05, 0) is 69.4 Å². The maximum absolute atomic E-state index is 12.4. The molecule has 2 aromatic carbocycles. The van der Waals surface area contributed by atoms with Gasteiger partial charge in [0.1, 0.15) is 11.5 Å². The predicted octanol–water partition coefficient (Wildman–Crippen LogP) is 1.24. The third-order valence-corrected chi connectivity index (χ3v) is 5.60. The minimum absolute atomic E-state index is 0. The van der Waals surface area contributed by atoms with Gasteiger partial charge in [0.25, 0.3) is 0 Å². The molecule has 2 rings (SSSR count). The third kappa shape index (κ3) is 25.2. The summed E-state index contributed by atoms with van der Waals surface area (Å²) in [5.74, 6) is 0.734. The van der Waals surface area contributed by atoms with Gasteiger partial charge in [-0.1, -0.05) is 23.6 Å². The molecular weight excluding hydrogens is 825 g/mol. The van der Waals surface area contributed by atoms with E-state index in [4.69, 9.17) is 55.4 Å². The molecule has 0 heterocycles. The van der Waals surface area contributed by atoms with Crippen LogP contribution in [0.3, 0.4) is 0 Å². The molecule has 0 aliphatic rings. The molecule has 0 saturated carbocycles. The molecule has 1 radical (unpaired) electrons. The standard InChI is InChI=1S/C25H39N3O4.Er.3NO3.Zn/c1-18-12-20(24(29)22(14-18)31-6)16-27(4)10-8-26(3)9-11-28(5)17-21-13-19(2)15-23(32-7)25(21)30;;3*2-1(3)4;/h12-15,29-30H,8-11,16-17H2,1-7H3;;;;;/q;+3;3*-1;+2/p-2. The Labute approximate surface area is 308 Å². The Hall–Kier alpha value is -3.01. The average Bonchev–Trinajstić information content (AvgIpc) is 2.89. The van der Waals surface area contributed by atoms with Crippen molar-refractivity contribution in [2.24, 2.45) is 0 Å². The molecule has 259 valence electrons. The summed E-state index contributed by atoms with van der Waals surface area (Å²) >= 11 is 0. The van der Waals surface area contributed by atoms with E-state index >= 15 is 0 Å². The topological polar surface area (TPSA) is 273 Å². The molecule has 0 aliphatic heterocycles. The molecule has 0 fully saturated rings. The zero-order valence-corrected chi connectivity index (χ0v) is 31.4. The molecule has 21 heteroatoms. The monoisotopic (exact) mass is 859 g/mol. The van der Waals surface area contributed by atoms with Gasteiger partial charge >= 0.3 is 56.8 Å². The number of likely N-dealkylation sites (N-methyl/N-ethyl adjacent to an activating group) is 3. The summed E-state index contributed by atoms with van der Waals surface area (Å²) in [6, 6.07) is 7.42. The fourth-order valence-electron chi connectivity index (χ4n) is 3.70. The Balaban J connectivity index is -0.000000540. The minimum atomic E-state index is -1.75. The number of methoxy groups -OCH3 is 2. The van der Waals surface area contributed by atoms with Gasteiger partial charge < -0.3 is 80.4 Å². The molecule has 0 N–H and O–H groups in total. The maximum atomic E-state index is 12.4. The van der Waals surface area contributed by atoms with Gasteiger partial charge in [-0.15, -0.1) is 0 Å². The first kappa shape index (κ1) is 49.9. The van der Waals surface area contributed by atoms with Gasteiger partial charge in [0.2, 0.25) is 0 Å². The molecule has 0 amide bonds. The second-order valence-corrected chi connectivity index (χ2v) is 9.36. The molecule has 19 nitrogen and oxygen atoms in total. The summed E-state index contributed by atoms with van der Waals surface area (Å²) in [7, 11) is 9.20. The normalized spacial score (nSPS) is 9.61. The van der Waals surface area contributed by atoms with Crippen LogP contribution in [0, 0.1) is 97.1 Å². The van der Waals surface area contributed by atoms with Crippen LogP contribution in [-0.4, -0.2) is 91.5 Å². The number of hydrogen-bond donors (Lipinski definition) is 0. The number of rotatable bonds is 12. The van der Waals surface area contributed by atoms with Crippen molar-refractivity contribution in [3.63, 3.8) is 0 Å². The van der Waals surface area contributed by atoms with Crippen LogP contribution in [0.4, 0.5) is 0 Å². The van der Waals surface area contributed by atoms with Crippen LogP contribution < -0.4 is 19.7 Å². The summed E-state index contributed by atoms with van der Waals surface area (Å²) in [6.07, 6.45) is 0. The Kier molecular flexibility index (Phi) is 29.4. The zero-order valence-electron chi connectivity index (χ0n) is 26.5. The fraction of sp³-hybridized carbons (Fsp3) is 0.520. The van der Waals surface area contributed by atoms with E-state index in [1.54, 1.807) is 12.1 Å². The molecule has 0 saturated heterocycles. The van der Waals surface area contributed by atoms with E-state index in [0.29, 0.717) is 24.6 Å². The summed E-state index contributed by atoms with van der Waals surface area (Å²) in [4.78, 5) is 31.3. The van der Waals surface area contributed by atoms with Crippen LogP contribution in [0.15, 0.2) is 24.3 Å². The summed E-state index contributed by atoms with van der Waals surface area (Å²) in [5.41, 5.74) is 3.57. The van der Waals surface area contributed by atoms with Crippen LogP contribution in [0.1, 0.15) is 22.3 Å². The number of benzene rings is 2. The van der Waals surface area contributed by atoms with Crippen LogP contribution in [0.5, 0.6) is 23.0 Å². The molecular formula is C25H37ErN6O13Zn. The molecule has 46 heavy (non-hydrogen) atoms. The SMILES string of the molecule is COc1cc(C)cc(CN(C)CCN(C)CCN(C)Cc2cc(C)cc(OC)c2[O-])c1[O-].O=[N+]([O-])[O-].O=[N+]([O-])[O-].O=[N+]([O-])[O-].[Er+3].[Zn+2]. The number of nitrogens with zero attached hydrogens (tertiary/aromatic N) is 6. The van der Waals surface area contributed by atoms with Crippen molar-refractivity contribution in [1.29, 1.82) is 0 Å². The van der Waals surface area contributed by atoms with E-state index in [1.807, 2.05) is 40.1 Å². The quantitative estimate of drug-likeness (QED) is 0.165. The third-order valence-electron chi connectivity index (χ3n) is 5.60. The largest absolute Gasteiger partial charge is 3.00 e. The second kappa shape index (κ2) is 27.1. The van der Waals surface area contributed by atoms with Gasteiger partial charge in [0, 0.05) is 39.3 Å². The van der Waals surface area contributed by atoms with Crippen molar-refractivity contribution in [3.05, 3.63) is 92.5 Å². The van der Waals surface area contributed by atoms with Crippen molar-refractivity contribution in [3.8, 4) is 23.0 Å². The Morgan fingerprint density at radius 3 is 1.07 bits per heavy atom. The minimum Gasteiger partial charge on any atom is -0.870 e. The van der Waals surface area contributed by atoms with Crippen LogP contribution in [0.2, 0.25) is 0 Å². The van der Waals surface area contributed by atoms with E-state index in [9.17, 15) is 10.2 Å². The summed E-state index contributed by atoms with van der Waals surface area (Å²) in [5, 5.41) is 69.1. The fourth-order valence-corrected chi connectivity index (χ4v) is 3.70. The van der Waals surface area contributed by atoms with Crippen molar-refractivity contribution in [2.75, 3.05) is 61.5 Å². The molecule has 0 spiro atoms. The van der Waals surface area contributed by atoms with Crippen LogP contribution >= 0.6 is 0 Å². The van der Waals surface area contributed by atoms with Gasteiger partial charge in [-0.25, -0.2) is 0 Å². The van der Waals surface area contributed by atoms with Crippen LogP contribution in [-0.2, 0) is 32.6 Å². The molecule has 0 atom stereocenters. The molecule has 0 unspecified atom stereocenters. The Morgan fingerprint density at radius 1 is 0.587 bits per heavy atom. The first-order chi connectivity index (χ1) is 20.3. The first-order valence-corrected chi connectivity index (χ1v) is 12.5. The summed E-state index contributed by atoms with van der Waals surface area (Å²) in [6.45, 7) is 8.57. The van der Waals surface area contributed by atoms with Crippen molar-refractivity contribution in [2.45, 2.75) is 26.9 Å². The summed E-state index contributed by atoms with van der Waals surface area (Å²) < 4.78 is 10.4. The Bertz CT molecular complexity index is 1090. The molecule has 2 aromatic rings. The first-order valence-electron chi connectivity index (χ1n) is 12.5. The van der Waals surface area contributed by atoms with Crippen molar-refractivity contribution < 1.29 is 91.7 Å². The number of aryl methyl sites for hydroxylation is 2. The zero-order chi connectivity index (χ0) is 34.6. The smallest absolute Gasteiger partial charge is 0.870 e. The second-order valence-electron chi connectivity index (χ2n) is 9.36. The molecule has 0 aliphatic carbocycles. The van der Waals surface area contributed by atoms with Gasteiger partial charge in [0.05, 0.1) is 29.5 Å². The maximum Gasteiger partial charge on any atom is 3.00 e. The van der Waals surface area contributed by atoms with E-state index < -0.39 is 15.3 Å². The van der Waals surface area contributed by atoms with E-state index in [-0.39, 0.29) is 68.3 Å². The van der Waals surface area contributed by atoms with Crippen LogP contribution in [0.25, 0.3) is 0 Å². The van der Waals surface area contributed by atoms with Crippen molar-refractivity contribution in [1.82, 2.24) is 14.7 Å². The van der Waals surface area contributed by atoms with E-state index in [0.717, 1.165) is 48.4 Å². The molecule has 0 bridgehead atoms. The van der Waals surface area contributed by atoms with Gasteiger partial charge in [-0.3, -0.25) is 0 Å². The Morgan fingerprint density at radius 2 is 0.826 bits per heavy atom. The van der Waals surface area contributed by atoms with E-state index in [2.05, 4.69) is 21.7 Å². The van der Waals surface area contributed by atoms with Gasteiger partial charge in [-0.2, -0.15) is 0 Å². The van der Waals surface area contributed by atoms with Crippen molar-refractivity contribution >= 4 is 0 Å². The molecule has 0 aromatic heterocycles. The van der Waals surface area contributed by atoms with Gasteiger partial charge in [0.15, 0.2) is 0 Å². The number of ether oxygens (including phenoxy) is 2. The van der Waals surface area contributed by atoms with E-state index in [1.165, 1.54) is 14.2 Å². The predicted molar refractivity (Wildman–Crippen MR) is 156 cm³/mol.